The molecule has 0 spiro atoms. The van der Waals surface area contributed by atoms with Gasteiger partial charge >= 0.3 is 18.5 Å². The van der Waals surface area contributed by atoms with Crippen LogP contribution in [0.5, 0.6) is 0 Å². The maximum Gasteiger partial charge on any atom is 0.416 e. The molecular formula is C98H104ClF9N26S4. The summed E-state index contributed by atoms with van der Waals surface area (Å²) in [5.41, 5.74) is 16.7. The van der Waals surface area contributed by atoms with Gasteiger partial charge in [0.25, 0.3) is 0 Å². The van der Waals surface area contributed by atoms with Gasteiger partial charge in [-0.2, -0.15) is 39.5 Å². The SMILES string of the molecule is CNCCCc1cnc(C)c(Nc2ncc3c(n2)-c2ccc(C(F)(F)F)cc2NC(=S)C3)c1.Cc1nc(NCC2CCN(C)CC2)ccc1Nc1ncc2c(n1)-c1ccc(C(F)(F)F)cc1NC(=S)C2.Cc1nc(NCCN(C)C)ccc1Nc1ncc2c(n1)-c1ccc(C(F)(F)F)cc1NC(=S)C2.Cc1ncc(C2CCN(C)CC2(C)C)cc1Nc1ncc2c(n1)-c1ccc(Cl)cc1NC(=S)C2. The minimum Gasteiger partial charge on any atom is -0.370 e. The van der Waals surface area contributed by atoms with Crippen molar-refractivity contribution < 1.29 is 39.5 Å². The smallest absolute Gasteiger partial charge is 0.370 e. The number of likely N-dealkylation sites (N-methyl/N-ethyl adjacent to an activating group) is 1. The van der Waals surface area contributed by atoms with Crippen LogP contribution < -0.4 is 58.5 Å². The van der Waals surface area contributed by atoms with Gasteiger partial charge in [0, 0.05) is 161 Å². The van der Waals surface area contributed by atoms with Crippen LogP contribution in [0.15, 0.2) is 146 Å². The summed E-state index contributed by atoms with van der Waals surface area (Å²) in [5, 5.41) is 35.6. The molecule has 26 nitrogen and oxygen atoms in total. The van der Waals surface area contributed by atoms with Crippen LogP contribution in [-0.4, -0.2) is 182 Å². The Balaban J connectivity index is 0.000000140. The molecule has 40 heteroatoms. The number of hydrogen-bond acceptors (Lipinski definition) is 26. The van der Waals surface area contributed by atoms with Crippen molar-refractivity contribution in [3.63, 3.8) is 0 Å². The van der Waals surface area contributed by atoms with Crippen LogP contribution in [-0.2, 0) is 50.6 Å². The Morgan fingerprint density at radius 2 is 0.833 bits per heavy atom. The second kappa shape index (κ2) is 43.0. The molecular weight excluding hydrogens is 1880 g/mol. The molecule has 4 aromatic carbocycles. The van der Waals surface area contributed by atoms with Crippen molar-refractivity contribution in [2.45, 2.75) is 124 Å². The average molecular weight is 1980 g/mol. The van der Waals surface area contributed by atoms with Crippen molar-refractivity contribution in [1.82, 2.24) is 79.8 Å². The molecule has 0 bridgehead atoms. The third-order valence-electron chi connectivity index (χ3n) is 24.4. The van der Waals surface area contributed by atoms with E-state index >= 15 is 0 Å². The first kappa shape index (κ1) is 100. The van der Waals surface area contributed by atoms with Crippen LogP contribution in [0.2, 0.25) is 5.02 Å². The summed E-state index contributed by atoms with van der Waals surface area (Å²) in [4.78, 5) is 63.8. The number of nitrogens with zero attached hydrogens (tertiary/aromatic N) is 15. The third-order valence-corrected chi connectivity index (χ3v) is 25.6. The Morgan fingerprint density at radius 1 is 0.442 bits per heavy atom. The number of benzene rings is 4. The number of halogens is 10. The largest absolute Gasteiger partial charge is 0.416 e. The van der Waals surface area contributed by atoms with Crippen molar-refractivity contribution in [2.24, 2.45) is 11.3 Å². The van der Waals surface area contributed by atoms with E-state index in [1.165, 1.54) is 36.6 Å². The van der Waals surface area contributed by atoms with Gasteiger partial charge in [-0.05, 0) is 241 Å². The number of fused-ring (bicyclic) bond motifs is 12. The predicted molar refractivity (Wildman–Crippen MR) is 545 cm³/mol. The Kier molecular flexibility index (Phi) is 31.2. The fourth-order valence-corrected chi connectivity index (χ4v) is 18.3. The van der Waals surface area contributed by atoms with Crippen LogP contribution in [0, 0.1) is 39.0 Å². The van der Waals surface area contributed by atoms with E-state index in [4.69, 9.17) is 70.4 Å². The van der Waals surface area contributed by atoms with Crippen LogP contribution in [0.25, 0.3) is 45.0 Å². The van der Waals surface area contributed by atoms with Crippen LogP contribution >= 0.6 is 60.5 Å². The topological polar surface area (TPSA) is 297 Å². The van der Waals surface area contributed by atoms with Gasteiger partial charge in [-0.15, -0.1) is 0 Å². The van der Waals surface area contributed by atoms with Crippen LogP contribution in [0.4, 0.5) is 120 Å². The molecule has 0 aliphatic carbocycles. The van der Waals surface area contributed by atoms with E-state index in [1.807, 2.05) is 116 Å². The number of piperidine rings is 2. The Morgan fingerprint density at radius 3 is 1.24 bits per heavy atom. The Hall–Kier alpha value is -12.3. The van der Waals surface area contributed by atoms with Gasteiger partial charge in [0.2, 0.25) is 23.8 Å². The van der Waals surface area contributed by atoms with E-state index in [2.05, 4.69) is 157 Å². The van der Waals surface area contributed by atoms with Crippen molar-refractivity contribution >= 4 is 161 Å². The maximum absolute atomic E-state index is 13.3. The summed E-state index contributed by atoms with van der Waals surface area (Å²) in [6.07, 6.45) is 4.27. The monoisotopic (exact) mass is 1980 g/mol. The van der Waals surface area contributed by atoms with Gasteiger partial charge in [0.1, 0.15) is 11.6 Å². The van der Waals surface area contributed by atoms with Gasteiger partial charge < -0.3 is 73.2 Å². The van der Waals surface area contributed by atoms with Gasteiger partial charge in [-0.1, -0.05) is 92.5 Å². The highest BCUT2D eigenvalue weighted by molar-refractivity contribution is 7.81. The molecule has 1 unspecified atom stereocenters. The number of aromatic nitrogens is 12. The molecule has 8 aromatic heterocycles. The molecule has 2 saturated heterocycles. The van der Waals surface area contributed by atoms with Crippen molar-refractivity contribution in [3.8, 4) is 45.0 Å². The molecule has 138 heavy (non-hydrogen) atoms. The summed E-state index contributed by atoms with van der Waals surface area (Å²) in [6.45, 7) is 20.2. The van der Waals surface area contributed by atoms with E-state index in [0.717, 1.165) is 215 Å². The lowest BCUT2D eigenvalue weighted by molar-refractivity contribution is -0.138. The van der Waals surface area contributed by atoms with Gasteiger partial charge in [0.15, 0.2) is 0 Å². The highest BCUT2D eigenvalue weighted by atomic mass is 35.5. The van der Waals surface area contributed by atoms with Gasteiger partial charge in [-0.3, -0.25) is 9.97 Å². The third kappa shape index (κ3) is 25.2. The standard InChI is InChI=1S/C26H29ClN6S.C26H28F3N7S.C23H24F3N7S.C23H23F3N6S/c1-15-21(9-16(12-28-15)20-7-8-33(4)14-26(20,2)3)31-25-29-13-17-10-23(34)30-22-11-18(27)5-6-19(22)24(17)32-25;1-15-20(5-6-22(32-15)30-13-16-7-9-36(2)10-8-16)34-25-31-14-17-11-23(37)33-21-12-18(26(27,28)29)3-4-19(21)24(17)35-25;1-13-17(6-7-19(29-13)27-8-9-33(2)3)31-22-28-12-14-10-20(34)30-18-11-15(23(24,25)26)4-5-16(18)21(14)32-22;1-13-18(8-14(11-28-13)4-3-7-27-2)31-22-29-12-15-9-20(33)30-19-10-16(23(24,25)26)5-6-17(19)21(15)32-22/h5-6,9,11-13,20H,7-8,10,14H2,1-4H3,(H,30,34)(H,29,31,32);3-6,12,14,16H,7-11,13H2,1-2H3,(H,30,32)(H,33,37)(H,31,34,35);4-7,11-12H,8-10H2,1-3H3,(H,27,29)(H,30,34)(H,28,31,32);5-6,8,10-12,27H,3-4,7,9H2,1-2H3,(H,30,33)(H,29,31,32). The van der Waals surface area contributed by atoms with E-state index in [0.29, 0.717) is 115 Å². The number of rotatable bonds is 20. The number of alkyl halides is 9. The Bertz CT molecular complexity index is 6570. The number of anilines is 14. The first-order valence-electron chi connectivity index (χ1n) is 44.9. The molecule has 6 aliphatic rings. The zero-order valence-corrected chi connectivity index (χ0v) is 81.7. The normalized spacial score (nSPS) is 15.6. The molecule has 1 atom stereocenters. The fraction of sp³-hybridized carbons (Fsp3) is 0.347. The van der Waals surface area contributed by atoms with Crippen molar-refractivity contribution in [1.29, 1.82) is 0 Å². The molecule has 12 aromatic rings. The number of nitrogens with one attached hydrogen (secondary N) is 11. The first-order chi connectivity index (χ1) is 65.7. The molecule has 11 N–H and O–H groups in total. The number of thiocarbonyl (C=S) groups is 4. The van der Waals surface area contributed by atoms with E-state index < -0.39 is 35.2 Å². The zero-order chi connectivity index (χ0) is 98.2. The summed E-state index contributed by atoms with van der Waals surface area (Å²) < 4.78 is 119. The van der Waals surface area contributed by atoms with Gasteiger partial charge in [0.05, 0.1) is 105 Å². The van der Waals surface area contributed by atoms with Crippen molar-refractivity contribution in [3.05, 3.63) is 224 Å². The summed E-state index contributed by atoms with van der Waals surface area (Å²) in [5.74, 6) is 4.20. The lowest BCUT2D eigenvalue weighted by atomic mass is 9.71. The van der Waals surface area contributed by atoms with Crippen molar-refractivity contribution in [2.75, 3.05) is 141 Å². The fourth-order valence-electron chi connectivity index (χ4n) is 17.1. The highest BCUT2D eigenvalue weighted by Gasteiger charge is 2.39. The highest BCUT2D eigenvalue weighted by Crippen LogP contribution is 2.47. The molecule has 18 rings (SSSR count). The quantitative estimate of drug-likeness (QED) is 0.0192. The van der Waals surface area contributed by atoms with E-state index in [-0.39, 0.29) is 22.5 Å². The summed E-state index contributed by atoms with van der Waals surface area (Å²) >= 11 is 27.7. The number of likely N-dealkylation sites (tertiary alicyclic amines) is 2. The number of aryl methyl sites for hydroxylation is 5. The van der Waals surface area contributed by atoms with Crippen LogP contribution in [0.1, 0.15) is 118 Å². The zero-order valence-electron chi connectivity index (χ0n) is 77.7. The number of pyridine rings is 4. The molecule has 0 saturated carbocycles. The Labute approximate surface area is 820 Å². The molecule has 0 amide bonds. The predicted octanol–water partition coefficient (Wildman–Crippen LogP) is 21.6. The minimum atomic E-state index is -4.45. The first-order valence-corrected chi connectivity index (χ1v) is 46.9. The lowest BCUT2D eigenvalue weighted by Crippen LogP contribution is -2.42. The summed E-state index contributed by atoms with van der Waals surface area (Å²) in [7, 11) is 10.3. The molecule has 2 fully saturated rings. The van der Waals surface area contributed by atoms with E-state index in [9.17, 15) is 39.5 Å². The molecule has 720 valence electrons. The minimum absolute atomic E-state index is 0.179. The molecule has 14 heterocycles. The lowest BCUT2D eigenvalue weighted by Gasteiger charge is -2.43. The molecule has 6 aliphatic heterocycles. The molecule has 0 radical (unpaired) electrons. The maximum atomic E-state index is 13.3. The average Bonchev–Trinajstić information content (AvgIpc) is 1.69. The second-order valence-corrected chi connectivity index (χ2v) is 38.2. The van der Waals surface area contributed by atoms with Crippen LogP contribution in [0.3, 0.4) is 0 Å². The van der Waals surface area contributed by atoms with E-state index in [1.54, 1.807) is 18.6 Å². The second-order valence-electron chi connectivity index (χ2n) is 35.8. The summed E-state index contributed by atoms with van der Waals surface area (Å²) in [6, 6.07) is 28.2. The van der Waals surface area contributed by atoms with Gasteiger partial charge in [-0.25, -0.2) is 49.8 Å². The number of hydrogen-bond donors (Lipinski definition) is 11.